The summed E-state index contributed by atoms with van der Waals surface area (Å²) in [7, 11) is 1.80. The molecule has 6 heteroatoms. The van der Waals surface area contributed by atoms with Crippen LogP contribution >= 0.6 is 24.0 Å². The number of guanidine groups is 1. The molecule has 5 nitrogen and oxygen atoms in total. The van der Waals surface area contributed by atoms with Gasteiger partial charge >= 0.3 is 0 Å². The average molecular weight is 452 g/mol. The van der Waals surface area contributed by atoms with Crippen molar-refractivity contribution in [1.82, 2.24) is 15.6 Å². The topological polar surface area (TPSA) is 58.5 Å². The number of para-hydroxylation sites is 1. The quantitative estimate of drug-likeness (QED) is 0.317. The molecule has 0 spiro atoms. The van der Waals surface area contributed by atoms with Crippen LogP contribution in [-0.4, -0.2) is 37.7 Å². The highest BCUT2D eigenvalue weighted by molar-refractivity contribution is 14.0. The number of ether oxygens (including phenoxy) is 1. The molecule has 0 radical (unpaired) electrons. The van der Waals surface area contributed by atoms with Gasteiger partial charge in [0.15, 0.2) is 5.96 Å². The second-order valence-electron chi connectivity index (χ2n) is 5.78. The molecule has 1 aliphatic rings. The number of halogens is 1. The van der Waals surface area contributed by atoms with E-state index in [0.29, 0.717) is 0 Å². The Labute approximate surface area is 166 Å². The third-order valence-electron chi connectivity index (χ3n) is 4.21. The first kappa shape index (κ1) is 19.7. The third kappa shape index (κ3) is 5.67. The summed E-state index contributed by atoms with van der Waals surface area (Å²) in [6.45, 7) is 3.19. The van der Waals surface area contributed by atoms with Gasteiger partial charge < -0.3 is 15.4 Å². The molecule has 2 N–H and O–H groups in total. The fourth-order valence-electron chi connectivity index (χ4n) is 2.84. The van der Waals surface area contributed by atoms with E-state index in [0.717, 1.165) is 50.6 Å². The Bertz CT molecular complexity index is 740. The largest absolute Gasteiger partial charge is 0.377 e. The second kappa shape index (κ2) is 10.4. The molecule has 0 bridgehead atoms. The number of pyridine rings is 1. The van der Waals surface area contributed by atoms with Gasteiger partial charge in [-0.1, -0.05) is 29.8 Å². The van der Waals surface area contributed by atoms with E-state index in [1.54, 1.807) is 7.05 Å². The summed E-state index contributed by atoms with van der Waals surface area (Å²) < 4.78 is 5.33. The van der Waals surface area contributed by atoms with E-state index in [1.165, 1.54) is 16.5 Å². The summed E-state index contributed by atoms with van der Waals surface area (Å²) in [5.74, 6) is 0.823. The maximum Gasteiger partial charge on any atom is 0.191 e. The van der Waals surface area contributed by atoms with Crippen molar-refractivity contribution in [2.75, 3.05) is 26.8 Å². The second-order valence-corrected chi connectivity index (χ2v) is 5.78. The lowest BCUT2D eigenvalue weighted by Crippen LogP contribution is -2.37. The number of aliphatic imine (C=N–C) groups is 1. The van der Waals surface area contributed by atoms with Crippen molar-refractivity contribution in [3.63, 3.8) is 0 Å². The van der Waals surface area contributed by atoms with Crippen LogP contribution in [0.3, 0.4) is 0 Å². The Kier molecular flexibility index (Phi) is 8.14. The van der Waals surface area contributed by atoms with E-state index in [4.69, 9.17) is 4.74 Å². The van der Waals surface area contributed by atoms with E-state index in [2.05, 4.69) is 38.8 Å². The van der Waals surface area contributed by atoms with E-state index < -0.39 is 0 Å². The molecule has 1 aromatic carbocycles. The van der Waals surface area contributed by atoms with Crippen molar-refractivity contribution < 1.29 is 4.74 Å². The molecular weight excluding hydrogens is 427 g/mol. The van der Waals surface area contributed by atoms with E-state index >= 15 is 0 Å². The van der Waals surface area contributed by atoms with E-state index in [9.17, 15) is 0 Å². The average Bonchev–Trinajstić information content (AvgIpc) is 2.65. The van der Waals surface area contributed by atoms with Gasteiger partial charge in [-0.3, -0.25) is 9.98 Å². The number of nitrogens with one attached hydrogen (secondary N) is 2. The monoisotopic (exact) mass is 452 g/mol. The first-order valence-corrected chi connectivity index (χ1v) is 8.39. The standard InChI is InChI=1S/C19H24N4O.HI/c1-20-19(22-10-6-15-8-12-24-13-9-15)23-14-16-7-11-21-18-5-3-2-4-17(16)18;/h2-5,7-8,11H,6,9-10,12-14H2,1H3,(H2,20,22,23);1H. The summed E-state index contributed by atoms with van der Waals surface area (Å²) in [5.41, 5.74) is 3.70. The number of aromatic nitrogens is 1. The molecule has 1 aliphatic heterocycles. The van der Waals surface area contributed by atoms with Crippen LogP contribution in [0.15, 0.2) is 53.2 Å². The van der Waals surface area contributed by atoms with Crippen LogP contribution in [0.2, 0.25) is 0 Å². The predicted molar refractivity (Wildman–Crippen MR) is 113 cm³/mol. The minimum Gasteiger partial charge on any atom is -0.377 e. The van der Waals surface area contributed by atoms with Gasteiger partial charge in [-0.2, -0.15) is 0 Å². The first-order valence-electron chi connectivity index (χ1n) is 8.39. The normalized spacial score (nSPS) is 14.6. The molecule has 25 heavy (non-hydrogen) atoms. The van der Waals surface area contributed by atoms with Crippen LogP contribution in [0.5, 0.6) is 0 Å². The number of fused-ring (bicyclic) bond motifs is 1. The third-order valence-corrected chi connectivity index (χ3v) is 4.21. The van der Waals surface area contributed by atoms with Gasteiger partial charge in [0.05, 0.1) is 18.7 Å². The SMILES string of the molecule is CN=C(NCCC1=CCOCC1)NCc1ccnc2ccccc12.I. The molecule has 0 fully saturated rings. The number of hydrogen-bond donors (Lipinski definition) is 2. The molecule has 1 aromatic heterocycles. The van der Waals surface area contributed by atoms with Gasteiger partial charge in [-0.15, -0.1) is 24.0 Å². The zero-order valence-corrected chi connectivity index (χ0v) is 16.8. The van der Waals surface area contributed by atoms with Gasteiger partial charge in [-0.25, -0.2) is 0 Å². The lowest BCUT2D eigenvalue weighted by molar-refractivity contribution is 0.153. The summed E-state index contributed by atoms with van der Waals surface area (Å²) in [4.78, 5) is 8.70. The lowest BCUT2D eigenvalue weighted by atomic mass is 10.1. The minimum absolute atomic E-state index is 0. The Morgan fingerprint density at radius 1 is 1.24 bits per heavy atom. The predicted octanol–water partition coefficient (Wildman–Crippen LogP) is 3.25. The van der Waals surface area contributed by atoms with Gasteiger partial charge in [0.25, 0.3) is 0 Å². The van der Waals surface area contributed by atoms with Crippen LogP contribution in [0, 0.1) is 0 Å². The Morgan fingerprint density at radius 3 is 2.92 bits per heavy atom. The first-order chi connectivity index (χ1) is 11.9. The fraction of sp³-hybridized carbons (Fsp3) is 0.368. The molecule has 0 unspecified atom stereocenters. The van der Waals surface area contributed by atoms with Gasteiger partial charge in [0.1, 0.15) is 0 Å². The number of benzene rings is 1. The van der Waals surface area contributed by atoms with E-state index in [1.807, 2.05) is 24.4 Å². The van der Waals surface area contributed by atoms with Crippen LogP contribution in [0.25, 0.3) is 10.9 Å². The highest BCUT2D eigenvalue weighted by Gasteiger charge is 2.05. The lowest BCUT2D eigenvalue weighted by Gasteiger charge is -2.16. The van der Waals surface area contributed by atoms with Gasteiger partial charge in [0, 0.05) is 31.7 Å². The molecular formula is C19H25IN4O. The van der Waals surface area contributed by atoms with Crippen molar-refractivity contribution in [3.05, 3.63) is 53.7 Å². The summed E-state index contributed by atoms with van der Waals surface area (Å²) in [6.07, 6.45) is 6.11. The highest BCUT2D eigenvalue weighted by Crippen LogP contribution is 2.15. The Balaban J connectivity index is 0.00000225. The van der Waals surface area contributed by atoms with Crippen LogP contribution in [0.1, 0.15) is 18.4 Å². The molecule has 3 rings (SSSR count). The summed E-state index contributed by atoms with van der Waals surface area (Å²) >= 11 is 0. The molecule has 134 valence electrons. The molecule has 2 heterocycles. The molecule has 0 atom stereocenters. The van der Waals surface area contributed by atoms with Crippen LogP contribution < -0.4 is 10.6 Å². The van der Waals surface area contributed by atoms with Gasteiger partial charge in [0.2, 0.25) is 0 Å². The zero-order valence-electron chi connectivity index (χ0n) is 14.5. The van der Waals surface area contributed by atoms with E-state index in [-0.39, 0.29) is 24.0 Å². The van der Waals surface area contributed by atoms with Crippen molar-refractivity contribution in [1.29, 1.82) is 0 Å². The fourth-order valence-corrected chi connectivity index (χ4v) is 2.84. The Hall–Kier alpha value is -1.67. The summed E-state index contributed by atoms with van der Waals surface area (Å²) in [5, 5.41) is 7.94. The number of nitrogens with zero attached hydrogens (tertiary/aromatic N) is 2. The molecule has 0 aliphatic carbocycles. The highest BCUT2D eigenvalue weighted by atomic mass is 127. The molecule has 0 saturated heterocycles. The number of hydrogen-bond acceptors (Lipinski definition) is 3. The van der Waals surface area contributed by atoms with Crippen molar-refractivity contribution in [2.45, 2.75) is 19.4 Å². The molecule has 0 saturated carbocycles. The van der Waals surface area contributed by atoms with Gasteiger partial charge in [-0.05, 0) is 30.5 Å². The van der Waals surface area contributed by atoms with Crippen molar-refractivity contribution in [2.24, 2.45) is 4.99 Å². The maximum atomic E-state index is 5.33. The summed E-state index contributed by atoms with van der Waals surface area (Å²) in [6, 6.07) is 10.2. The Morgan fingerprint density at radius 2 is 2.12 bits per heavy atom. The molecule has 0 amide bonds. The maximum absolute atomic E-state index is 5.33. The van der Waals surface area contributed by atoms with Crippen molar-refractivity contribution in [3.8, 4) is 0 Å². The van der Waals surface area contributed by atoms with Crippen LogP contribution in [-0.2, 0) is 11.3 Å². The smallest absolute Gasteiger partial charge is 0.191 e. The zero-order chi connectivity index (χ0) is 16.6. The number of rotatable bonds is 5. The minimum atomic E-state index is 0. The van der Waals surface area contributed by atoms with Crippen molar-refractivity contribution >= 4 is 40.8 Å². The molecule has 2 aromatic rings. The van der Waals surface area contributed by atoms with Crippen LogP contribution in [0.4, 0.5) is 0 Å².